The Hall–Kier alpha value is -1.89. The molecule has 1 N–H and O–H groups in total. The molecule has 2 rings (SSSR count). The average molecular weight is 423 g/mol. The zero-order valence-electron chi connectivity index (χ0n) is 13.3. The van der Waals surface area contributed by atoms with E-state index in [2.05, 4.69) is 27.9 Å². The first-order valence-electron chi connectivity index (χ1n) is 7.17. The number of hydrogen-bond acceptors (Lipinski definition) is 3. The van der Waals surface area contributed by atoms with Crippen molar-refractivity contribution in [2.75, 3.05) is 11.9 Å². The Kier molecular flexibility index (Phi) is 5.76. The second-order valence-electron chi connectivity index (χ2n) is 5.40. The van der Waals surface area contributed by atoms with Gasteiger partial charge in [-0.2, -0.15) is 0 Å². The molecular weight excluding hydrogens is 405 g/mol. The van der Waals surface area contributed by atoms with Crippen LogP contribution in [0.15, 0.2) is 36.4 Å². The fraction of sp³-hybridized carbons (Fsp3) is 0.222. The van der Waals surface area contributed by atoms with Crippen LogP contribution < -0.4 is 5.32 Å². The highest BCUT2D eigenvalue weighted by Crippen LogP contribution is 2.23. The summed E-state index contributed by atoms with van der Waals surface area (Å²) < 4.78 is 6.17. The Balaban J connectivity index is 1.95. The number of amides is 1. The molecule has 0 saturated heterocycles. The van der Waals surface area contributed by atoms with Crippen LogP contribution >= 0.6 is 22.6 Å². The van der Waals surface area contributed by atoms with Gasteiger partial charge in [-0.05, 0) is 78.8 Å². The minimum absolute atomic E-state index is 0.308. The lowest BCUT2D eigenvalue weighted by Gasteiger charge is -2.12. The third kappa shape index (κ3) is 4.79. The molecule has 23 heavy (non-hydrogen) atoms. The normalized spacial score (nSPS) is 10.3. The van der Waals surface area contributed by atoms with E-state index in [4.69, 9.17) is 4.74 Å². The van der Waals surface area contributed by atoms with Crippen molar-refractivity contribution in [1.29, 1.82) is 0 Å². The number of anilines is 1. The van der Waals surface area contributed by atoms with E-state index in [9.17, 15) is 9.59 Å². The van der Waals surface area contributed by atoms with E-state index in [1.54, 1.807) is 12.1 Å². The number of hydrogen-bond donors (Lipinski definition) is 1. The van der Waals surface area contributed by atoms with Crippen LogP contribution in [0.4, 0.5) is 5.69 Å². The van der Waals surface area contributed by atoms with Crippen molar-refractivity contribution in [3.8, 4) is 0 Å². The number of carbonyl (C=O) groups excluding carboxylic acids is 2. The number of aryl methyl sites for hydroxylation is 3. The molecule has 0 radical (unpaired) electrons. The van der Waals surface area contributed by atoms with Gasteiger partial charge in [-0.25, -0.2) is 4.79 Å². The van der Waals surface area contributed by atoms with Crippen LogP contribution in [0.1, 0.15) is 27.0 Å². The maximum atomic E-state index is 12.0. The van der Waals surface area contributed by atoms with E-state index < -0.39 is 5.97 Å². The Morgan fingerprint density at radius 1 is 1.04 bits per heavy atom. The average Bonchev–Trinajstić information content (AvgIpc) is 2.49. The number of halogens is 1. The number of esters is 1. The zero-order chi connectivity index (χ0) is 17.0. The number of ether oxygens (including phenoxy) is 1. The fourth-order valence-electron chi connectivity index (χ4n) is 2.19. The summed E-state index contributed by atoms with van der Waals surface area (Å²) >= 11 is 2.23. The van der Waals surface area contributed by atoms with Gasteiger partial charge in [-0.15, -0.1) is 0 Å². The SMILES string of the molecule is Cc1ccc(C(=O)OCC(=O)Nc2c(C)cc(I)cc2C)cc1. The summed E-state index contributed by atoms with van der Waals surface area (Å²) in [4.78, 5) is 23.9. The molecule has 0 atom stereocenters. The van der Waals surface area contributed by atoms with Crippen LogP contribution in [0.25, 0.3) is 0 Å². The quantitative estimate of drug-likeness (QED) is 0.598. The molecule has 0 saturated carbocycles. The minimum atomic E-state index is -0.504. The number of carbonyl (C=O) groups is 2. The molecule has 5 heteroatoms. The van der Waals surface area contributed by atoms with Gasteiger partial charge in [-0.1, -0.05) is 17.7 Å². The van der Waals surface area contributed by atoms with Crippen molar-refractivity contribution in [3.05, 3.63) is 62.2 Å². The summed E-state index contributed by atoms with van der Waals surface area (Å²) in [5, 5.41) is 2.80. The molecule has 0 spiro atoms. The maximum absolute atomic E-state index is 12.0. The highest BCUT2D eigenvalue weighted by molar-refractivity contribution is 14.1. The Labute approximate surface area is 149 Å². The van der Waals surface area contributed by atoms with Crippen molar-refractivity contribution in [2.24, 2.45) is 0 Å². The van der Waals surface area contributed by atoms with Gasteiger partial charge in [0.05, 0.1) is 5.56 Å². The topological polar surface area (TPSA) is 55.4 Å². The molecular formula is C18H18INO3. The second-order valence-corrected chi connectivity index (χ2v) is 6.65. The van der Waals surface area contributed by atoms with Crippen LogP contribution in [0, 0.1) is 24.3 Å². The van der Waals surface area contributed by atoms with Gasteiger partial charge in [0.25, 0.3) is 5.91 Å². The standard InChI is InChI=1S/C18H18INO3/c1-11-4-6-14(7-5-11)18(22)23-10-16(21)20-17-12(2)8-15(19)9-13(17)3/h4-9H,10H2,1-3H3,(H,20,21). The van der Waals surface area contributed by atoms with E-state index in [0.717, 1.165) is 25.9 Å². The van der Waals surface area contributed by atoms with Crippen LogP contribution in [-0.2, 0) is 9.53 Å². The van der Waals surface area contributed by atoms with Gasteiger partial charge in [0, 0.05) is 9.26 Å². The van der Waals surface area contributed by atoms with Gasteiger partial charge in [-0.3, -0.25) is 4.79 Å². The fourth-order valence-corrected chi connectivity index (χ4v) is 3.12. The van der Waals surface area contributed by atoms with Crippen molar-refractivity contribution in [3.63, 3.8) is 0 Å². The van der Waals surface area contributed by atoms with E-state index in [0.29, 0.717) is 5.56 Å². The van der Waals surface area contributed by atoms with Crippen LogP contribution in [-0.4, -0.2) is 18.5 Å². The lowest BCUT2D eigenvalue weighted by Crippen LogP contribution is -2.22. The van der Waals surface area contributed by atoms with E-state index in [1.165, 1.54) is 0 Å². The van der Waals surface area contributed by atoms with Crippen molar-refractivity contribution >= 4 is 40.2 Å². The largest absolute Gasteiger partial charge is 0.452 e. The van der Waals surface area contributed by atoms with Crippen LogP contribution in [0.5, 0.6) is 0 Å². The van der Waals surface area contributed by atoms with Crippen LogP contribution in [0.2, 0.25) is 0 Å². The third-order valence-electron chi connectivity index (χ3n) is 3.38. The smallest absolute Gasteiger partial charge is 0.338 e. The molecule has 0 bridgehead atoms. The highest BCUT2D eigenvalue weighted by atomic mass is 127. The second kappa shape index (κ2) is 7.59. The summed E-state index contributed by atoms with van der Waals surface area (Å²) in [6, 6.07) is 11.0. The Morgan fingerprint density at radius 2 is 1.61 bits per heavy atom. The van der Waals surface area contributed by atoms with Gasteiger partial charge in [0.15, 0.2) is 6.61 Å². The molecule has 0 aliphatic carbocycles. The molecule has 0 heterocycles. The van der Waals surface area contributed by atoms with Crippen molar-refractivity contribution in [2.45, 2.75) is 20.8 Å². The van der Waals surface area contributed by atoms with E-state index in [-0.39, 0.29) is 12.5 Å². The molecule has 0 aliphatic heterocycles. The predicted molar refractivity (Wildman–Crippen MR) is 98.7 cm³/mol. The lowest BCUT2D eigenvalue weighted by atomic mass is 10.1. The van der Waals surface area contributed by atoms with Gasteiger partial charge in [0.2, 0.25) is 0 Å². The molecule has 4 nitrogen and oxygen atoms in total. The number of nitrogens with one attached hydrogen (secondary N) is 1. The van der Waals surface area contributed by atoms with Crippen LogP contribution in [0.3, 0.4) is 0 Å². The molecule has 0 unspecified atom stereocenters. The summed E-state index contributed by atoms with van der Waals surface area (Å²) in [6.07, 6.45) is 0. The number of rotatable bonds is 4. The molecule has 0 fully saturated rings. The minimum Gasteiger partial charge on any atom is -0.452 e. The third-order valence-corrected chi connectivity index (χ3v) is 4.01. The summed E-state index contributed by atoms with van der Waals surface area (Å²) in [6.45, 7) is 5.50. The molecule has 0 aliphatic rings. The predicted octanol–water partition coefficient (Wildman–Crippen LogP) is 4.01. The summed E-state index contributed by atoms with van der Waals surface area (Å²) in [5.74, 6) is -0.853. The Morgan fingerprint density at radius 3 is 2.17 bits per heavy atom. The van der Waals surface area contributed by atoms with Gasteiger partial charge in [0.1, 0.15) is 0 Å². The Bertz CT molecular complexity index is 715. The van der Waals surface area contributed by atoms with E-state index in [1.807, 2.05) is 45.0 Å². The van der Waals surface area contributed by atoms with Gasteiger partial charge >= 0.3 is 5.97 Å². The highest BCUT2D eigenvalue weighted by Gasteiger charge is 2.12. The first kappa shape index (κ1) is 17.5. The molecule has 1 amide bonds. The first-order valence-corrected chi connectivity index (χ1v) is 8.25. The molecule has 2 aromatic rings. The van der Waals surface area contributed by atoms with E-state index >= 15 is 0 Å². The monoisotopic (exact) mass is 423 g/mol. The lowest BCUT2D eigenvalue weighted by molar-refractivity contribution is -0.119. The summed E-state index contributed by atoms with van der Waals surface area (Å²) in [7, 11) is 0. The zero-order valence-corrected chi connectivity index (χ0v) is 15.4. The van der Waals surface area contributed by atoms with Crippen molar-refractivity contribution in [1.82, 2.24) is 0 Å². The molecule has 2 aromatic carbocycles. The summed E-state index contributed by atoms with van der Waals surface area (Å²) in [5.41, 5.74) is 4.22. The van der Waals surface area contributed by atoms with Gasteiger partial charge < -0.3 is 10.1 Å². The maximum Gasteiger partial charge on any atom is 0.338 e. The first-order chi connectivity index (χ1) is 10.9. The van der Waals surface area contributed by atoms with Crippen molar-refractivity contribution < 1.29 is 14.3 Å². The molecule has 120 valence electrons. The number of benzene rings is 2. The molecule has 0 aromatic heterocycles.